The minimum Gasteiger partial charge on any atom is -0.294 e. The van der Waals surface area contributed by atoms with E-state index < -0.39 is 0 Å². The zero-order valence-electron chi connectivity index (χ0n) is 7.50. The maximum atomic E-state index is 5.87. The zero-order valence-corrected chi connectivity index (χ0v) is 9.07. The van der Waals surface area contributed by atoms with Crippen molar-refractivity contribution in [2.24, 2.45) is 0 Å². The van der Waals surface area contributed by atoms with Gasteiger partial charge in [0.1, 0.15) is 0 Å². The SMILES string of the molecule is C/C=C/CN1CCSCC1CCl. The highest BCUT2D eigenvalue weighted by atomic mass is 35.5. The molecule has 70 valence electrons. The summed E-state index contributed by atoms with van der Waals surface area (Å²) < 4.78 is 0. The van der Waals surface area contributed by atoms with Crippen molar-refractivity contribution < 1.29 is 0 Å². The highest BCUT2D eigenvalue weighted by molar-refractivity contribution is 7.99. The zero-order chi connectivity index (χ0) is 8.81. The molecule has 1 unspecified atom stereocenters. The molecule has 12 heavy (non-hydrogen) atoms. The molecule has 1 rings (SSSR count). The Kier molecular flexibility index (Phi) is 5.12. The number of allylic oxidation sites excluding steroid dienone is 1. The summed E-state index contributed by atoms with van der Waals surface area (Å²) in [6.45, 7) is 4.31. The Labute approximate surface area is 84.1 Å². The second-order valence-corrected chi connectivity index (χ2v) is 4.41. The number of rotatable bonds is 3. The first-order valence-electron chi connectivity index (χ1n) is 4.37. The van der Waals surface area contributed by atoms with Crippen LogP contribution in [0.25, 0.3) is 0 Å². The van der Waals surface area contributed by atoms with Gasteiger partial charge in [0.05, 0.1) is 0 Å². The molecular weight excluding hydrogens is 190 g/mol. The van der Waals surface area contributed by atoms with Gasteiger partial charge in [0.15, 0.2) is 0 Å². The third-order valence-electron chi connectivity index (χ3n) is 2.10. The molecule has 0 aromatic carbocycles. The fourth-order valence-corrected chi connectivity index (χ4v) is 2.88. The van der Waals surface area contributed by atoms with Crippen LogP contribution in [0.3, 0.4) is 0 Å². The van der Waals surface area contributed by atoms with Crippen LogP contribution >= 0.6 is 23.4 Å². The van der Waals surface area contributed by atoms with E-state index in [1.807, 2.05) is 11.8 Å². The van der Waals surface area contributed by atoms with Crippen molar-refractivity contribution in [3.8, 4) is 0 Å². The van der Waals surface area contributed by atoms with Crippen molar-refractivity contribution in [1.82, 2.24) is 4.90 Å². The predicted octanol–water partition coefficient (Wildman–Crippen LogP) is 2.22. The van der Waals surface area contributed by atoms with Crippen LogP contribution in [0.15, 0.2) is 12.2 Å². The summed E-state index contributed by atoms with van der Waals surface area (Å²) >= 11 is 7.89. The Balaban J connectivity index is 2.36. The summed E-state index contributed by atoms with van der Waals surface area (Å²) in [6.07, 6.45) is 4.31. The van der Waals surface area contributed by atoms with Gasteiger partial charge in [-0.15, -0.1) is 11.6 Å². The van der Waals surface area contributed by atoms with Gasteiger partial charge < -0.3 is 0 Å². The van der Waals surface area contributed by atoms with Crippen LogP contribution in [0.1, 0.15) is 6.92 Å². The second-order valence-electron chi connectivity index (χ2n) is 2.95. The van der Waals surface area contributed by atoms with Crippen LogP contribution in [-0.4, -0.2) is 41.4 Å². The van der Waals surface area contributed by atoms with E-state index >= 15 is 0 Å². The molecule has 1 aliphatic rings. The third-order valence-corrected chi connectivity index (χ3v) is 3.55. The topological polar surface area (TPSA) is 3.24 Å². The summed E-state index contributed by atoms with van der Waals surface area (Å²) in [5.74, 6) is 3.22. The standard InChI is InChI=1S/C9H16ClNS/c1-2-3-4-11-5-6-12-8-9(11)7-10/h2-3,9H,4-8H2,1H3/b3-2+. The van der Waals surface area contributed by atoms with Gasteiger partial charge in [-0.1, -0.05) is 12.2 Å². The van der Waals surface area contributed by atoms with Gasteiger partial charge >= 0.3 is 0 Å². The predicted molar refractivity (Wildman–Crippen MR) is 58.2 cm³/mol. The van der Waals surface area contributed by atoms with Crippen LogP contribution in [0.5, 0.6) is 0 Å². The van der Waals surface area contributed by atoms with Gasteiger partial charge in [0.2, 0.25) is 0 Å². The highest BCUT2D eigenvalue weighted by Gasteiger charge is 2.20. The van der Waals surface area contributed by atoms with Crippen molar-refractivity contribution in [2.75, 3.05) is 30.5 Å². The number of thioether (sulfide) groups is 1. The number of halogens is 1. The lowest BCUT2D eigenvalue weighted by Crippen LogP contribution is -2.43. The molecule has 0 aromatic heterocycles. The molecule has 3 heteroatoms. The van der Waals surface area contributed by atoms with E-state index in [1.54, 1.807) is 0 Å². The summed E-state index contributed by atoms with van der Waals surface area (Å²) in [7, 11) is 0. The van der Waals surface area contributed by atoms with E-state index in [2.05, 4.69) is 24.0 Å². The molecule has 0 aromatic rings. The minimum absolute atomic E-state index is 0.585. The Morgan fingerprint density at radius 3 is 3.17 bits per heavy atom. The first kappa shape index (κ1) is 10.4. The fourth-order valence-electron chi connectivity index (χ4n) is 1.31. The Hall–Kier alpha value is 0.340. The van der Waals surface area contributed by atoms with E-state index in [0.717, 1.165) is 12.4 Å². The summed E-state index contributed by atoms with van der Waals surface area (Å²) in [5, 5.41) is 0. The lowest BCUT2D eigenvalue weighted by atomic mass is 10.3. The van der Waals surface area contributed by atoms with Crippen molar-refractivity contribution in [3.63, 3.8) is 0 Å². The average Bonchev–Trinajstić information content (AvgIpc) is 2.15. The van der Waals surface area contributed by atoms with E-state index in [9.17, 15) is 0 Å². The molecule has 0 saturated carbocycles. The molecule has 0 aliphatic carbocycles. The second kappa shape index (κ2) is 5.90. The van der Waals surface area contributed by atoms with Crippen molar-refractivity contribution in [3.05, 3.63) is 12.2 Å². The first-order valence-corrected chi connectivity index (χ1v) is 6.06. The van der Waals surface area contributed by atoms with E-state index in [4.69, 9.17) is 11.6 Å². The van der Waals surface area contributed by atoms with E-state index in [0.29, 0.717) is 6.04 Å². The molecule has 0 spiro atoms. The largest absolute Gasteiger partial charge is 0.294 e. The van der Waals surface area contributed by atoms with Gasteiger partial charge in [-0.2, -0.15) is 11.8 Å². The molecule has 1 heterocycles. The van der Waals surface area contributed by atoms with Crippen LogP contribution < -0.4 is 0 Å². The number of hydrogen-bond acceptors (Lipinski definition) is 2. The Bertz CT molecular complexity index is 149. The molecule has 1 fully saturated rings. The maximum absolute atomic E-state index is 5.87. The molecule has 0 amide bonds. The number of nitrogens with zero attached hydrogens (tertiary/aromatic N) is 1. The first-order chi connectivity index (χ1) is 5.88. The van der Waals surface area contributed by atoms with Crippen molar-refractivity contribution in [2.45, 2.75) is 13.0 Å². The molecular formula is C9H16ClNS. The number of alkyl halides is 1. The Morgan fingerprint density at radius 1 is 1.67 bits per heavy atom. The summed E-state index contributed by atoms with van der Waals surface area (Å²) in [4.78, 5) is 2.46. The number of hydrogen-bond donors (Lipinski definition) is 0. The monoisotopic (exact) mass is 205 g/mol. The van der Waals surface area contributed by atoms with E-state index in [-0.39, 0.29) is 0 Å². The van der Waals surface area contributed by atoms with Crippen molar-refractivity contribution >= 4 is 23.4 Å². The van der Waals surface area contributed by atoms with Crippen LogP contribution in [0.2, 0.25) is 0 Å². The maximum Gasteiger partial charge on any atom is 0.0387 e. The van der Waals surface area contributed by atoms with Crippen LogP contribution in [0.4, 0.5) is 0 Å². The lowest BCUT2D eigenvalue weighted by molar-refractivity contribution is 0.261. The molecule has 0 bridgehead atoms. The molecule has 0 N–H and O–H groups in total. The quantitative estimate of drug-likeness (QED) is 0.514. The molecule has 1 aliphatic heterocycles. The molecule has 0 radical (unpaired) electrons. The van der Waals surface area contributed by atoms with Crippen molar-refractivity contribution in [1.29, 1.82) is 0 Å². The average molecular weight is 206 g/mol. The van der Waals surface area contributed by atoms with Gasteiger partial charge in [0, 0.05) is 36.5 Å². The summed E-state index contributed by atoms with van der Waals surface area (Å²) in [5.41, 5.74) is 0. The smallest absolute Gasteiger partial charge is 0.0387 e. The highest BCUT2D eigenvalue weighted by Crippen LogP contribution is 2.16. The van der Waals surface area contributed by atoms with Gasteiger partial charge in [0.25, 0.3) is 0 Å². The molecule has 1 nitrogen and oxygen atoms in total. The van der Waals surface area contributed by atoms with Gasteiger partial charge in [-0.05, 0) is 6.92 Å². The lowest BCUT2D eigenvalue weighted by Gasteiger charge is -2.33. The Morgan fingerprint density at radius 2 is 2.50 bits per heavy atom. The molecule has 1 saturated heterocycles. The molecule has 1 atom stereocenters. The fraction of sp³-hybridized carbons (Fsp3) is 0.778. The van der Waals surface area contributed by atoms with Gasteiger partial charge in [-0.3, -0.25) is 4.90 Å². The normalized spacial score (nSPS) is 26.7. The van der Waals surface area contributed by atoms with Gasteiger partial charge in [-0.25, -0.2) is 0 Å². The minimum atomic E-state index is 0.585. The summed E-state index contributed by atoms with van der Waals surface area (Å²) in [6, 6.07) is 0.585. The van der Waals surface area contributed by atoms with Crippen LogP contribution in [-0.2, 0) is 0 Å². The third kappa shape index (κ3) is 3.00. The van der Waals surface area contributed by atoms with E-state index in [1.165, 1.54) is 18.1 Å². The van der Waals surface area contributed by atoms with Crippen LogP contribution in [0, 0.1) is 0 Å².